The second-order valence-electron chi connectivity index (χ2n) is 3.64. The topological polar surface area (TPSA) is 26.0 Å². The highest BCUT2D eigenvalue weighted by Crippen LogP contribution is 2.43. The summed E-state index contributed by atoms with van der Waals surface area (Å²) in [6.45, 7) is 0. The summed E-state index contributed by atoms with van der Waals surface area (Å²) in [6.07, 6.45) is -2.82. The van der Waals surface area contributed by atoms with Crippen molar-refractivity contribution in [2.75, 3.05) is 0 Å². The van der Waals surface area contributed by atoms with Crippen LogP contribution in [-0.4, -0.2) is 0 Å². The summed E-state index contributed by atoms with van der Waals surface area (Å²) in [5.74, 6) is 0. The highest BCUT2D eigenvalue weighted by Gasteiger charge is 2.41. The van der Waals surface area contributed by atoms with Gasteiger partial charge in [0.15, 0.2) is 0 Å². The molecule has 0 aromatic heterocycles. The quantitative estimate of drug-likeness (QED) is 0.740. The molecule has 1 fully saturated rings. The Morgan fingerprint density at radius 1 is 1.36 bits per heavy atom. The Bertz CT molecular complexity index is 332. The van der Waals surface area contributed by atoms with Gasteiger partial charge >= 0.3 is 6.18 Å². The molecule has 0 heterocycles. The predicted octanol–water partition coefficient (Wildman–Crippen LogP) is 2.45. The van der Waals surface area contributed by atoms with E-state index in [9.17, 15) is 13.2 Å². The van der Waals surface area contributed by atoms with Crippen LogP contribution in [0.1, 0.15) is 24.0 Å². The first-order valence-corrected chi connectivity index (χ1v) is 4.30. The summed E-state index contributed by atoms with van der Waals surface area (Å²) in [6, 6.07) is 6.14. The van der Waals surface area contributed by atoms with Gasteiger partial charge in [-0.1, -0.05) is 12.1 Å². The van der Waals surface area contributed by atoms with Crippen LogP contribution in [0.15, 0.2) is 18.2 Å². The van der Waals surface area contributed by atoms with Crippen molar-refractivity contribution in [1.29, 1.82) is 0 Å². The Morgan fingerprint density at radius 2 is 2.00 bits per heavy atom. The molecule has 14 heavy (non-hydrogen) atoms. The molecule has 1 nitrogen and oxygen atoms in total. The van der Waals surface area contributed by atoms with E-state index < -0.39 is 17.3 Å². The predicted molar refractivity (Wildman–Crippen MR) is 45.4 cm³/mol. The Labute approximate surface area is 79.7 Å². The van der Waals surface area contributed by atoms with Gasteiger partial charge in [0.25, 0.3) is 0 Å². The summed E-state index contributed by atoms with van der Waals surface area (Å²) in [5.41, 5.74) is 5.10. The first kappa shape index (κ1) is 9.52. The summed E-state index contributed by atoms with van der Waals surface area (Å²) in [5, 5.41) is 0. The van der Waals surface area contributed by atoms with E-state index in [1.807, 2.05) is 0 Å². The zero-order valence-electron chi connectivity index (χ0n) is 7.36. The molecule has 4 heteroatoms. The van der Waals surface area contributed by atoms with Gasteiger partial charge in [-0.3, -0.25) is 0 Å². The fourth-order valence-corrected chi connectivity index (χ4v) is 1.36. The number of hydrogen-bond donors (Lipinski definition) is 1. The van der Waals surface area contributed by atoms with Crippen LogP contribution in [0, 0.1) is 6.07 Å². The van der Waals surface area contributed by atoms with Crippen LogP contribution in [0.4, 0.5) is 13.2 Å². The molecule has 0 saturated heterocycles. The molecule has 0 unspecified atom stereocenters. The molecule has 1 saturated carbocycles. The van der Waals surface area contributed by atoms with Crippen LogP contribution in [0.2, 0.25) is 0 Å². The molecular weight excluding hydrogens is 191 g/mol. The largest absolute Gasteiger partial charge is 0.417 e. The maximum absolute atomic E-state index is 12.3. The van der Waals surface area contributed by atoms with Gasteiger partial charge in [-0.05, 0) is 30.5 Å². The van der Waals surface area contributed by atoms with Crippen LogP contribution in [0.3, 0.4) is 0 Å². The second kappa shape index (κ2) is 2.73. The van der Waals surface area contributed by atoms with Gasteiger partial charge < -0.3 is 5.73 Å². The fourth-order valence-electron chi connectivity index (χ4n) is 1.36. The standard InChI is InChI=1S/C10H9F3N/c11-10(12,13)8-3-1-2-7(6-8)9(14)4-5-9/h1-2,6H,4-5,14H2. The number of alkyl halides is 3. The third kappa shape index (κ3) is 1.62. The lowest BCUT2D eigenvalue weighted by Crippen LogP contribution is -2.19. The molecule has 1 aliphatic carbocycles. The molecule has 1 radical (unpaired) electrons. The smallest absolute Gasteiger partial charge is 0.321 e. The van der Waals surface area contributed by atoms with Crippen molar-refractivity contribution in [3.63, 3.8) is 0 Å². The zero-order valence-corrected chi connectivity index (χ0v) is 7.36. The molecule has 0 bridgehead atoms. The fraction of sp³-hybridized carbons (Fsp3) is 0.400. The highest BCUT2D eigenvalue weighted by atomic mass is 19.4. The van der Waals surface area contributed by atoms with Crippen LogP contribution in [0.25, 0.3) is 0 Å². The summed E-state index contributed by atoms with van der Waals surface area (Å²) < 4.78 is 36.9. The summed E-state index contributed by atoms with van der Waals surface area (Å²) >= 11 is 0. The molecule has 0 amide bonds. The molecule has 1 aliphatic rings. The number of halogens is 3. The van der Waals surface area contributed by atoms with Gasteiger partial charge in [-0.25, -0.2) is 0 Å². The molecule has 2 N–H and O–H groups in total. The summed E-state index contributed by atoms with van der Waals surface area (Å²) in [4.78, 5) is 0. The van der Waals surface area contributed by atoms with Crippen molar-refractivity contribution in [2.45, 2.75) is 24.6 Å². The van der Waals surface area contributed by atoms with E-state index in [4.69, 9.17) is 5.73 Å². The SMILES string of the molecule is NC1(c2cc[c]c(C(F)(F)F)c2)CC1. The Balaban J connectivity index is 2.37. The third-order valence-corrected chi connectivity index (χ3v) is 2.47. The number of rotatable bonds is 1. The van der Waals surface area contributed by atoms with Gasteiger partial charge in [0, 0.05) is 5.54 Å². The van der Waals surface area contributed by atoms with Crippen molar-refractivity contribution in [3.8, 4) is 0 Å². The van der Waals surface area contributed by atoms with Crippen LogP contribution < -0.4 is 5.73 Å². The first-order valence-electron chi connectivity index (χ1n) is 4.30. The lowest BCUT2D eigenvalue weighted by atomic mass is 10.0. The molecule has 75 valence electrons. The number of benzene rings is 1. The lowest BCUT2D eigenvalue weighted by Gasteiger charge is -2.12. The van der Waals surface area contributed by atoms with E-state index in [2.05, 4.69) is 6.07 Å². The Kier molecular flexibility index (Phi) is 1.86. The molecule has 1 aromatic rings. The normalized spacial score (nSPS) is 19.4. The average Bonchev–Trinajstić information content (AvgIpc) is 2.84. The van der Waals surface area contributed by atoms with Crippen molar-refractivity contribution >= 4 is 0 Å². The van der Waals surface area contributed by atoms with Crippen LogP contribution in [-0.2, 0) is 11.7 Å². The minimum Gasteiger partial charge on any atom is -0.321 e. The highest BCUT2D eigenvalue weighted by molar-refractivity contribution is 5.33. The number of nitrogens with two attached hydrogens (primary N) is 1. The summed E-state index contributed by atoms with van der Waals surface area (Å²) in [7, 11) is 0. The molecular formula is C10H9F3N. The van der Waals surface area contributed by atoms with Gasteiger partial charge in [0.2, 0.25) is 0 Å². The Hall–Kier alpha value is -1.03. The Morgan fingerprint density at radius 3 is 2.50 bits per heavy atom. The zero-order chi connectivity index (χ0) is 10.4. The molecule has 2 rings (SSSR count). The molecule has 0 aliphatic heterocycles. The third-order valence-electron chi connectivity index (χ3n) is 2.47. The van der Waals surface area contributed by atoms with Crippen molar-refractivity contribution < 1.29 is 13.2 Å². The van der Waals surface area contributed by atoms with Gasteiger partial charge in [-0.2, -0.15) is 13.2 Å². The van der Waals surface area contributed by atoms with Crippen molar-refractivity contribution in [1.82, 2.24) is 0 Å². The minimum absolute atomic E-state index is 0.519. The van der Waals surface area contributed by atoms with Crippen LogP contribution >= 0.6 is 0 Å². The van der Waals surface area contributed by atoms with Gasteiger partial charge in [0.1, 0.15) is 0 Å². The van der Waals surface area contributed by atoms with Crippen LogP contribution in [0.5, 0.6) is 0 Å². The second-order valence-corrected chi connectivity index (χ2v) is 3.64. The maximum Gasteiger partial charge on any atom is 0.417 e. The number of hydrogen-bond acceptors (Lipinski definition) is 1. The van der Waals surface area contributed by atoms with Gasteiger partial charge in [0.05, 0.1) is 5.56 Å². The van der Waals surface area contributed by atoms with Gasteiger partial charge in [-0.15, -0.1) is 0 Å². The van der Waals surface area contributed by atoms with E-state index in [0.29, 0.717) is 5.56 Å². The average molecular weight is 200 g/mol. The maximum atomic E-state index is 12.3. The van der Waals surface area contributed by atoms with Crippen molar-refractivity contribution in [2.24, 2.45) is 5.73 Å². The monoisotopic (exact) mass is 200 g/mol. The first-order chi connectivity index (χ1) is 6.42. The minimum atomic E-state index is -4.33. The van der Waals surface area contributed by atoms with E-state index in [1.165, 1.54) is 6.07 Å². The van der Waals surface area contributed by atoms with E-state index in [1.54, 1.807) is 6.07 Å². The van der Waals surface area contributed by atoms with E-state index in [0.717, 1.165) is 18.9 Å². The molecule has 0 atom stereocenters. The lowest BCUT2D eigenvalue weighted by molar-refractivity contribution is -0.137. The van der Waals surface area contributed by atoms with E-state index in [-0.39, 0.29) is 0 Å². The van der Waals surface area contributed by atoms with Crippen molar-refractivity contribution in [3.05, 3.63) is 35.4 Å². The van der Waals surface area contributed by atoms with E-state index >= 15 is 0 Å². The molecule has 1 aromatic carbocycles. The molecule has 0 spiro atoms.